The summed E-state index contributed by atoms with van der Waals surface area (Å²) in [5, 5.41) is 12.4. The molecule has 0 aromatic carbocycles. The Kier molecular flexibility index (Phi) is 6.49. The minimum atomic E-state index is -1.07. The summed E-state index contributed by atoms with van der Waals surface area (Å²) in [4.78, 5) is 25.5. The third-order valence-electron chi connectivity index (χ3n) is 4.68. The van der Waals surface area contributed by atoms with Gasteiger partial charge >= 0.3 is 12.0 Å². The molecule has 0 aromatic rings. The maximum Gasteiger partial charge on any atom is 0.329 e. The van der Waals surface area contributed by atoms with Gasteiger partial charge in [-0.25, -0.2) is 9.59 Å². The molecule has 0 saturated heterocycles. The highest BCUT2D eigenvalue weighted by Gasteiger charge is 2.43. The van der Waals surface area contributed by atoms with E-state index in [9.17, 15) is 14.7 Å². The Bertz CT molecular complexity index is 361. The number of aliphatic carboxylic acids is 1. The lowest BCUT2D eigenvalue weighted by Crippen LogP contribution is -2.59. The van der Waals surface area contributed by atoms with Gasteiger partial charge in [0.25, 0.3) is 0 Å². The van der Waals surface area contributed by atoms with Crippen LogP contribution < -0.4 is 5.32 Å². The fraction of sp³-hybridized carbons (Fsp3) is 0.875. The smallest absolute Gasteiger partial charge is 0.329 e. The molecule has 0 aliphatic heterocycles. The molecular weight excluding hydrogens is 268 g/mol. The first-order valence-corrected chi connectivity index (χ1v) is 8.07. The van der Waals surface area contributed by atoms with Crippen molar-refractivity contribution in [3.63, 3.8) is 0 Å². The SMILES string of the molecule is CCC1CCC(NC(=O)N(C)CCC(C)C)(C(=O)O)CC1. The van der Waals surface area contributed by atoms with Crippen molar-refractivity contribution in [3.8, 4) is 0 Å². The topological polar surface area (TPSA) is 69.6 Å². The van der Waals surface area contributed by atoms with E-state index in [1.807, 2.05) is 0 Å². The minimum Gasteiger partial charge on any atom is -0.480 e. The van der Waals surface area contributed by atoms with Crippen LogP contribution in [0.15, 0.2) is 0 Å². The molecule has 21 heavy (non-hydrogen) atoms. The van der Waals surface area contributed by atoms with Crippen LogP contribution in [0, 0.1) is 11.8 Å². The van der Waals surface area contributed by atoms with Gasteiger partial charge in [0.1, 0.15) is 5.54 Å². The lowest BCUT2D eigenvalue weighted by molar-refractivity contribution is -0.146. The van der Waals surface area contributed by atoms with E-state index < -0.39 is 11.5 Å². The van der Waals surface area contributed by atoms with Gasteiger partial charge in [0, 0.05) is 13.6 Å². The third-order valence-corrected chi connectivity index (χ3v) is 4.68. The van der Waals surface area contributed by atoms with Crippen LogP contribution in [-0.2, 0) is 4.79 Å². The molecule has 0 unspecified atom stereocenters. The molecule has 1 saturated carbocycles. The average Bonchev–Trinajstić information content (AvgIpc) is 2.45. The number of carbonyl (C=O) groups excluding carboxylic acids is 1. The van der Waals surface area contributed by atoms with Crippen LogP contribution >= 0.6 is 0 Å². The van der Waals surface area contributed by atoms with Crippen LogP contribution in [0.2, 0.25) is 0 Å². The summed E-state index contributed by atoms with van der Waals surface area (Å²) in [6.45, 7) is 7.00. The summed E-state index contributed by atoms with van der Waals surface area (Å²) >= 11 is 0. The van der Waals surface area contributed by atoms with Gasteiger partial charge in [-0.2, -0.15) is 0 Å². The maximum atomic E-state index is 12.2. The molecule has 2 amide bonds. The molecule has 1 rings (SSSR count). The number of carboxylic acid groups (broad SMARTS) is 1. The van der Waals surface area contributed by atoms with E-state index in [-0.39, 0.29) is 6.03 Å². The molecule has 122 valence electrons. The minimum absolute atomic E-state index is 0.270. The average molecular weight is 298 g/mol. The van der Waals surface area contributed by atoms with Crippen molar-refractivity contribution in [2.45, 2.75) is 64.8 Å². The molecule has 0 atom stereocenters. The fourth-order valence-electron chi connectivity index (χ4n) is 2.82. The number of amides is 2. The molecule has 0 spiro atoms. The highest BCUT2D eigenvalue weighted by molar-refractivity contribution is 5.86. The first kappa shape index (κ1) is 17.8. The maximum absolute atomic E-state index is 12.2. The van der Waals surface area contributed by atoms with Crippen LogP contribution in [0.5, 0.6) is 0 Å². The first-order chi connectivity index (χ1) is 9.80. The zero-order valence-corrected chi connectivity index (χ0v) is 13.8. The second-order valence-corrected chi connectivity index (χ2v) is 6.77. The summed E-state index contributed by atoms with van der Waals surface area (Å²) in [5.41, 5.74) is -1.07. The highest BCUT2D eigenvalue weighted by atomic mass is 16.4. The Morgan fingerprint density at radius 2 is 1.90 bits per heavy atom. The summed E-state index contributed by atoms with van der Waals surface area (Å²) in [7, 11) is 1.73. The molecule has 5 nitrogen and oxygen atoms in total. The molecule has 0 radical (unpaired) electrons. The molecule has 0 bridgehead atoms. The molecule has 1 aliphatic rings. The Morgan fingerprint density at radius 3 is 2.33 bits per heavy atom. The molecule has 2 N–H and O–H groups in total. The zero-order chi connectivity index (χ0) is 16.0. The number of hydrogen-bond acceptors (Lipinski definition) is 2. The Morgan fingerprint density at radius 1 is 1.33 bits per heavy atom. The predicted octanol–water partition coefficient (Wildman–Crippen LogP) is 3.10. The number of nitrogens with zero attached hydrogens (tertiary/aromatic N) is 1. The van der Waals surface area contributed by atoms with Crippen molar-refractivity contribution in [2.24, 2.45) is 11.8 Å². The van der Waals surface area contributed by atoms with Gasteiger partial charge in [0.05, 0.1) is 0 Å². The molecule has 0 heterocycles. The van der Waals surface area contributed by atoms with Crippen molar-refractivity contribution in [3.05, 3.63) is 0 Å². The lowest BCUT2D eigenvalue weighted by atomic mass is 9.75. The van der Waals surface area contributed by atoms with Crippen molar-refractivity contribution in [2.75, 3.05) is 13.6 Å². The Hall–Kier alpha value is -1.26. The van der Waals surface area contributed by atoms with Gasteiger partial charge in [0.15, 0.2) is 0 Å². The van der Waals surface area contributed by atoms with Crippen molar-refractivity contribution >= 4 is 12.0 Å². The van der Waals surface area contributed by atoms with E-state index in [0.29, 0.717) is 31.2 Å². The third kappa shape index (κ3) is 4.90. The molecule has 1 aliphatic carbocycles. The zero-order valence-electron chi connectivity index (χ0n) is 13.8. The van der Waals surface area contributed by atoms with Gasteiger partial charge < -0.3 is 15.3 Å². The van der Waals surface area contributed by atoms with Crippen LogP contribution in [0.1, 0.15) is 59.3 Å². The van der Waals surface area contributed by atoms with Crippen molar-refractivity contribution in [1.29, 1.82) is 0 Å². The van der Waals surface area contributed by atoms with Gasteiger partial charge in [0.2, 0.25) is 0 Å². The molecule has 1 fully saturated rings. The Labute approximate surface area is 128 Å². The normalized spacial score (nSPS) is 25.7. The highest BCUT2D eigenvalue weighted by Crippen LogP contribution is 2.34. The molecular formula is C16H30N2O3. The lowest BCUT2D eigenvalue weighted by Gasteiger charge is -2.38. The van der Waals surface area contributed by atoms with Gasteiger partial charge in [-0.05, 0) is 43.9 Å². The summed E-state index contributed by atoms with van der Waals surface area (Å²) in [6.07, 6.45) is 4.81. The first-order valence-electron chi connectivity index (χ1n) is 8.07. The van der Waals surface area contributed by atoms with Gasteiger partial charge in [-0.3, -0.25) is 0 Å². The quantitative estimate of drug-likeness (QED) is 0.791. The largest absolute Gasteiger partial charge is 0.480 e. The van der Waals surface area contributed by atoms with E-state index in [2.05, 4.69) is 26.1 Å². The van der Waals surface area contributed by atoms with Crippen LogP contribution in [0.3, 0.4) is 0 Å². The Balaban J connectivity index is 2.62. The number of carboxylic acids is 1. The van der Waals surface area contributed by atoms with E-state index in [0.717, 1.165) is 25.7 Å². The second-order valence-electron chi connectivity index (χ2n) is 6.77. The van der Waals surface area contributed by atoms with Crippen LogP contribution in [-0.4, -0.2) is 41.1 Å². The van der Waals surface area contributed by atoms with Crippen molar-refractivity contribution in [1.82, 2.24) is 10.2 Å². The van der Waals surface area contributed by atoms with E-state index in [1.54, 1.807) is 11.9 Å². The second kappa shape index (κ2) is 7.66. The van der Waals surface area contributed by atoms with Crippen LogP contribution in [0.4, 0.5) is 4.79 Å². The van der Waals surface area contributed by atoms with E-state index in [1.165, 1.54) is 0 Å². The summed E-state index contributed by atoms with van der Waals surface area (Å²) in [6, 6.07) is -0.270. The van der Waals surface area contributed by atoms with Crippen molar-refractivity contribution < 1.29 is 14.7 Å². The van der Waals surface area contributed by atoms with Gasteiger partial charge in [-0.1, -0.05) is 27.2 Å². The number of hydrogen-bond donors (Lipinski definition) is 2. The van der Waals surface area contributed by atoms with E-state index in [4.69, 9.17) is 0 Å². The fourth-order valence-corrected chi connectivity index (χ4v) is 2.82. The standard InChI is InChI=1S/C16H30N2O3/c1-5-13-6-9-16(10-7-13,14(19)20)17-15(21)18(4)11-8-12(2)3/h12-13H,5-11H2,1-4H3,(H,17,21)(H,19,20). The summed E-state index contributed by atoms with van der Waals surface area (Å²) < 4.78 is 0. The van der Waals surface area contributed by atoms with Crippen LogP contribution in [0.25, 0.3) is 0 Å². The molecule has 5 heteroatoms. The number of rotatable bonds is 6. The van der Waals surface area contributed by atoms with Gasteiger partial charge in [-0.15, -0.1) is 0 Å². The number of urea groups is 1. The molecule has 0 aromatic heterocycles. The number of nitrogens with one attached hydrogen (secondary N) is 1. The van der Waals surface area contributed by atoms with E-state index >= 15 is 0 Å². The monoisotopic (exact) mass is 298 g/mol. The number of carbonyl (C=O) groups is 2. The summed E-state index contributed by atoms with van der Waals surface area (Å²) in [5.74, 6) is 0.212. The predicted molar refractivity (Wildman–Crippen MR) is 83.2 cm³/mol.